The summed E-state index contributed by atoms with van der Waals surface area (Å²) < 4.78 is 0. The van der Waals surface area contributed by atoms with Crippen LogP contribution in [0.1, 0.15) is 25.3 Å². The van der Waals surface area contributed by atoms with Gasteiger partial charge in [0.25, 0.3) is 0 Å². The zero-order chi connectivity index (χ0) is 15.2. The van der Waals surface area contributed by atoms with Crippen LogP contribution in [0.3, 0.4) is 0 Å². The predicted octanol–water partition coefficient (Wildman–Crippen LogP) is 6.16. The third-order valence-corrected chi connectivity index (χ3v) is 3.98. The van der Waals surface area contributed by atoms with Crippen molar-refractivity contribution in [3.63, 3.8) is 0 Å². The quantitative estimate of drug-likeness (QED) is 0.526. The maximum absolute atomic E-state index is 3.65. The molecule has 0 unspecified atom stereocenters. The van der Waals surface area contributed by atoms with Gasteiger partial charge in [-0.05, 0) is 46.7 Å². The lowest BCUT2D eigenvalue weighted by Crippen LogP contribution is -1.92. The summed E-state index contributed by atoms with van der Waals surface area (Å²) in [6.07, 6.45) is 3.55. The molecule has 109 valence electrons. The second-order valence-electron chi connectivity index (χ2n) is 5.61. The molecule has 0 heteroatoms. The molecular weight excluding hydrogens is 264 g/mol. The Bertz CT molecular complexity index is 712. The molecule has 3 aromatic carbocycles. The van der Waals surface area contributed by atoms with Gasteiger partial charge < -0.3 is 0 Å². The van der Waals surface area contributed by atoms with Crippen LogP contribution < -0.4 is 0 Å². The number of rotatable bonds is 5. The molecule has 0 saturated heterocycles. The Hall–Kier alpha value is -2.34. The molecule has 0 aliphatic heterocycles. The van der Waals surface area contributed by atoms with Gasteiger partial charge in [-0.3, -0.25) is 0 Å². The number of benzene rings is 3. The van der Waals surface area contributed by atoms with Crippen molar-refractivity contribution >= 4 is 0 Å². The number of aryl methyl sites for hydroxylation is 1. The van der Waals surface area contributed by atoms with Gasteiger partial charge in [0.05, 0.1) is 0 Å². The number of hydrogen-bond acceptors (Lipinski definition) is 0. The van der Waals surface area contributed by atoms with Crippen molar-refractivity contribution in [1.82, 2.24) is 0 Å². The van der Waals surface area contributed by atoms with Gasteiger partial charge in [-0.25, -0.2) is 0 Å². The fraction of sp³-hybridized carbons (Fsp3) is 0.182. The Morgan fingerprint density at radius 2 is 1.36 bits per heavy atom. The summed E-state index contributed by atoms with van der Waals surface area (Å²) in [6.45, 7) is 2.24. The van der Waals surface area contributed by atoms with E-state index in [0.717, 1.165) is 6.42 Å². The number of hydrogen-bond donors (Lipinski definition) is 0. The minimum atomic E-state index is 1.12. The van der Waals surface area contributed by atoms with Gasteiger partial charge in [-0.2, -0.15) is 0 Å². The van der Waals surface area contributed by atoms with Crippen molar-refractivity contribution < 1.29 is 0 Å². The first-order valence-electron chi connectivity index (χ1n) is 8.04. The molecule has 0 atom stereocenters. The maximum Gasteiger partial charge on any atom is -0.00115 e. The monoisotopic (exact) mass is 285 g/mol. The zero-order valence-electron chi connectivity index (χ0n) is 13.0. The van der Waals surface area contributed by atoms with E-state index in [9.17, 15) is 0 Å². The molecule has 0 aromatic heterocycles. The van der Waals surface area contributed by atoms with Crippen LogP contribution in [0.25, 0.3) is 22.3 Å². The molecule has 0 fully saturated rings. The molecule has 0 aliphatic rings. The van der Waals surface area contributed by atoms with Gasteiger partial charge in [-0.1, -0.05) is 86.1 Å². The van der Waals surface area contributed by atoms with Crippen molar-refractivity contribution in [3.8, 4) is 22.3 Å². The van der Waals surface area contributed by atoms with Gasteiger partial charge in [0.2, 0.25) is 0 Å². The van der Waals surface area contributed by atoms with Crippen LogP contribution in [0.4, 0.5) is 0 Å². The summed E-state index contributed by atoms with van der Waals surface area (Å²) in [5.74, 6) is 0. The SMILES string of the molecule is CCCCc1ccc(-c2ccccc2)[c]c1-c1ccccc1. The first-order valence-corrected chi connectivity index (χ1v) is 8.04. The van der Waals surface area contributed by atoms with E-state index in [0.29, 0.717) is 0 Å². The molecule has 0 saturated carbocycles. The molecule has 1 radical (unpaired) electrons. The van der Waals surface area contributed by atoms with Crippen LogP contribution in [0, 0.1) is 6.07 Å². The average molecular weight is 285 g/mol. The predicted molar refractivity (Wildman–Crippen MR) is 94.8 cm³/mol. The van der Waals surface area contributed by atoms with E-state index >= 15 is 0 Å². The second-order valence-corrected chi connectivity index (χ2v) is 5.61. The maximum atomic E-state index is 3.65. The Labute approximate surface area is 133 Å². The minimum Gasteiger partial charge on any atom is -0.0654 e. The van der Waals surface area contributed by atoms with Gasteiger partial charge in [0, 0.05) is 0 Å². The molecule has 0 N–H and O–H groups in total. The largest absolute Gasteiger partial charge is 0.0654 e. The van der Waals surface area contributed by atoms with Gasteiger partial charge >= 0.3 is 0 Å². The third-order valence-electron chi connectivity index (χ3n) is 3.98. The number of unbranched alkanes of at least 4 members (excludes halogenated alkanes) is 1. The first-order chi connectivity index (χ1) is 10.9. The smallest absolute Gasteiger partial charge is 0.00115 e. The van der Waals surface area contributed by atoms with E-state index in [2.05, 4.69) is 85.8 Å². The van der Waals surface area contributed by atoms with E-state index < -0.39 is 0 Å². The zero-order valence-corrected chi connectivity index (χ0v) is 13.0. The average Bonchev–Trinajstić information content (AvgIpc) is 2.61. The molecule has 0 amide bonds. The van der Waals surface area contributed by atoms with E-state index in [-0.39, 0.29) is 0 Å². The first kappa shape index (κ1) is 14.6. The Morgan fingerprint density at radius 3 is 2.00 bits per heavy atom. The van der Waals surface area contributed by atoms with Crippen molar-refractivity contribution in [2.45, 2.75) is 26.2 Å². The summed E-state index contributed by atoms with van der Waals surface area (Å²) in [4.78, 5) is 0. The highest BCUT2D eigenvalue weighted by Crippen LogP contribution is 2.29. The molecule has 0 aliphatic carbocycles. The Morgan fingerprint density at radius 1 is 0.727 bits per heavy atom. The highest BCUT2D eigenvalue weighted by atomic mass is 14.1. The third kappa shape index (κ3) is 3.28. The standard InChI is InChI=1S/C22H21/c1-2-3-10-20-15-16-21(18-11-6-4-7-12-18)17-22(20)19-13-8-5-9-14-19/h4-9,11-16H,2-3,10H2,1H3. The fourth-order valence-electron chi connectivity index (χ4n) is 2.75. The van der Waals surface area contributed by atoms with E-state index in [4.69, 9.17) is 0 Å². The lowest BCUT2D eigenvalue weighted by Gasteiger charge is -2.12. The summed E-state index contributed by atoms with van der Waals surface area (Å²) in [5.41, 5.74) is 6.29. The van der Waals surface area contributed by atoms with Crippen LogP contribution in [0.2, 0.25) is 0 Å². The lowest BCUT2D eigenvalue weighted by molar-refractivity contribution is 0.796. The highest BCUT2D eigenvalue weighted by molar-refractivity contribution is 5.74. The topological polar surface area (TPSA) is 0 Å². The van der Waals surface area contributed by atoms with Crippen LogP contribution in [0.5, 0.6) is 0 Å². The summed E-state index contributed by atoms with van der Waals surface area (Å²) in [7, 11) is 0. The molecule has 3 aromatic rings. The van der Waals surface area contributed by atoms with E-state index in [1.165, 1.54) is 40.7 Å². The van der Waals surface area contributed by atoms with Crippen molar-refractivity contribution in [2.24, 2.45) is 0 Å². The summed E-state index contributed by atoms with van der Waals surface area (Å²) >= 11 is 0. The van der Waals surface area contributed by atoms with Crippen molar-refractivity contribution in [3.05, 3.63) is 84.4 Å². The minimum absolute atomic E-state index is 1.12. The fourth-order valence-corrected chi connectivity index (χ4v) is 2.75. The Balaban J connectivity index is 2.06. The van der Waals surface area contributed by atoms with E-state index in [1.54, 1.807) is 0 Å². The van der Waals surface area contributed by atoms with Crippen molar-refractivity contribution in [2.75, 3.05) is 0 Å². The highest BCUT2D eigenvalue weighted by Gasteiger charge is 2.08. The molecule has 0 nitrogen and oxygen atoms in total. The van der Waals surface area contributed by atoms with Crippen LogP contribution in [-0.2, 0) is 6.42 Å². The molecule has 0 heterocycles. The molecule has 0 bridgehead atoms. The van der Waals surface area contributed by atoms with Gasteiger partial charge in [-0.15, -0.1) is 0 Å². The molecular formula is C22H21. The van der Waals surface area contributed by atoms with Crippen LogP contribution >= 0.6 is 0 Å². The lowest BCUT2D eigenvalue weighted by atomic mass is 9.92. The van der Waals surface area contributed by atoms with E-state index in [1.807, 2.05) is 0 Å². The molecule has 3 rings (SSSR count). The summed E-state index contributed by atoms with van der Waals surface area (Å²) in [6, 6.07) is 29.3. The summed E-state index contributed by atoms with van der Waals surface area (Å²) in [5, 5.41) is 0. The van der Waals surface area contributed by atoms with Crippen molar-refractivity contribution in [1.29, 1.82) is 0 Å². The molecule has 22 heavy (non-hydrogen) atoms. The van der Waals surface area contributed by atoms with Gasteiger partial charge in [0.1, 0.15) is 0 Å². The van der Waals surface area contributed by atoms with Gasteiger partial charge in [0.15, 0.2) is 0 Å². The van der Waals surface area contributed by atoms with Crippen LogP contribution in [0.15, 0.2) is 72.8 Å². The normalized spacial score (nSPS) is 10.6. The second kappa shape index (κ2) is 7.09. The van der Waals surface area contributed by atoms with Crippen LogP contribution in [-0.4, -0.2) is 0 Å². The molecule has 0 spiro atoms. The Kier molecular flexibility index (Phi) is 4.70.